The van der Waals surface area contributed by atoms with E-state index in [-0.39, 0.29) is 17.8 Å². The van der Waals surface area contributed by atoms with Gasteiger partial charge in [0.2, 0.25) is 0 Å². The fraction of sp³-hybridized carbons (Fsp3) is 0.625. The van der Waals surface area contributed by atoms with Gasteiger partial charge in [-0.05, 0) is 19.8 Å². The zero-order chi connectivity index (χ0) is 7.84. The highest BCUT2D eigenvalue weighted by Crippen LogP contribution is 2.33. The summed E-state index contributed by atoms with van der Waals surface area (Å²) in [4.78, 5) is 5.05. The molecule has 1 heterocycles. The van der Waals surface area contributed by atoms with Crippen molar-refractivity contribution in [2.45, 2.75) is 25.9 Å². The molecule has 0 unspecified atom stereocenters. The number of oxime groups is 1. The summed E-state index contributed by atoms with van der Waals surface area (Å²) in [6.07, 6.45) is 3.27. The third kappa shape index (κ3) is 0.951. The molecule has 0 aromatic rings. The molecule has 60 valence electrons. The summed E-state index contributed by atoms with van der Waals surface area (Å²) in [7, 11) is 0. The van der Waals surface area contributed by atoms with E-state index in [1.807, 2.05) is 6.92 Å². The topological polar surface area (TPSA) is 21.6 Å². The first-order valence-electron chi connectivity index (χ1n) is 3.85. The van der Waals surface area contributed by atoms with Gasteiger partial charge in [-0.2, -0.15) is 0 Å². The highest BCUT2D eigenvalue weighted by Gasteiger charge is 2.36. The van der Waals surface area contributed by atoms with Crippen LogP contribution in [-0.2, 0) is 4.84 Å². The fourth-order valence-electron chi connectivity index (χ4n) is 1.65. The molecular weight excluding hydrogens is 145 g/mol. The molecule has 0 radical (unpaired) electrons. The maximum atomic E-state index is 13.1. The quantitative estimate of drug-likeness (QED) is 0.524. The summed E-state index contributed by atoms with van der Waals surface area (Å²) in [5.74, 6) is -0.247. The van der Waals surface area contributed by atoms with Crippen molar-refractivity contribution in [1.29, 1.82) is 0 Å². The van der Waals surface area contributed by atoms with Crippen LogP contribution in [0.2, 0.25) is 0 Å². The van der Waals surface area contributed by atoms with Crippen LogP contribution in [0.1, 0.15) is 19.8 Å². The van der Waals surface area contributed by atoms with Crippen molar-refractivity contribution in [2.75, 3.05) is 0 Å². The largest absolute Gasteiger partial charge is 0.391 e. The molecule has 3 heteroatoms. The molecule has 11 heavy (non-hydrogen) atoms. The second kappa shape index (κ2) is 2.32. The first-order chi connectivity index (χ1) is 5.29. The molecule has 0 spiro atoms. The zero-order valence-corrected chi connectivity index (χ0v) is 6.38. The second-order valence-electron chi connectivity index (χ2n) is 3.02. The molecule has 0 fully saturated rings. The number of allylic oxidation sites excluding steroid dienone is 1. The molecule has 0 aromatic heterocycles. The van der Waals surface area contributed by atoms with Crippen molar-refractivity contribution in [2.24, 2.45) is 11.1 Å². The van der Waals surface area contributed by atoms with E-state index in [1.54, 1.807) is 6.08 Å². The number of fused-ring (bicyclic) bond motifs is 1. The van der Waals surface area contributed by atoms with Crippen LogP contribution in [0.4, 0.5) is 4.39 Å². The van der Waals surface area contributed by atoms with E-state index in [0.717, 1.165) is 18.6 Å². The van der Waals surface area contributed by atoms with Gasteiger partial charge in [0.1, 0.15) is 11.9 Å². The lowest BCUT2D eigenvalue weighted by Crippen LogP contribution is -2.25. The maximum Gasteiger partial charge on any atom is 0.142 e. The van der Waals surface area contributed by atoms with Gasteiger partial charge in [-0.1, -0.05) is 11.2 Å². The Balaban J connectivity index is 2.27. The molecular formula is C8H10FNO. The van der Waals surface area contributed by atoms with Gasteiger partial charge in [0.05, 0.1) is 11.6 Å². The molecule has 0 amide bonds. The van der Waals surface area contributed by atoms with Crippen LogP contribution in [0.25, 0.3) is 0 Å². The highest BCUT2D eigenvalue weighted by molar-refractivity contribution is 5.87. The van der Waals surface area contributed by atoms with Gasteiger partial charge in [0.25, 0.3) is 0 Å². The number of rotatable bonds is 0. The van der Waals surface area contributed by atoms with Gasteiger partial charge >= 0.3 is 0 Å². The molecule has 2 nitrogen and oxygen atoms in total. The van der Waals surface area contributed by atoms with Crippen molar-refractivity contribution in [3.63, 3.8) is 0 Å². The van der Waals surface area contributed by atoms with Gasteiger partial charge in [0, 0.05) is 0 Å². The summed E-state index contributed by atoms with van der Waals surface area (Å²) in [6.45, 7) is 1.81. The summed E-state index contributed by atoms with van der Waals surface area (Å²) >= 11 is 0. The summed E-state index contributed by atoms with van der Waals surface area (Å²) in [6, 6.07) is 0. The van der Waals surface area contributed by atoms with E-state index in [9.17, 15) is 4.39 Å². The number of nitrogens with zero attached hydrogens (tertiary/aromatic N) is 1. The van der Waals surface area contributed by atoms with Gasteiger partial charge in [-0.3, -0.25) is 0 Å². The van der Waals surface area contributed by atoms with E-state index in [1.165, 1.54) is 0 Å². The summed E-state index contributed by atoms with van der Waals surface area (Å²) < 4.78 is 13.1. The first kappa shape index (κ1) is 6.83. The predicted molar refractivity (Wildman–Crippen MR) is 39.9 cm³/mol. The molecule has 0 saturated carbocycles. The van der Waals surface area contributed by atoms with Crippen LogP contribution in [0.15, 0.2) is 17.1 Å². The Kier molecular flexibility index (Phi) is 1.44. The standard InChI is InChI=1S/C8H10FNO/c1-5-8-6(9)3-2-4-7(8)11-10-5/h3,7-8H,2,4H2,1H3/t7-,8+/m1/s1. The van der Waals surface area contributed by atoms with Crippen molar-refractivity contribution in [3.05, 3.63) is 11.9 Å². The normalized spacial score (nSPS) is 35.5. The van der Waals surface area contributed by atoms with Crippen LogP contribution >= 0.6 is 0 Å². The summed E-state index contributed by atoms with van der Waals surface area (Å²) in [5, 5.41) is 3.77. The van der Waals surface area contributed by atoms with Crippen LogP contribution in [-0.4, -0.2) is 11.8 Å². The monoisotopic (exact) mass is 155 g/mol. The van der Waals surface area contributed by atoms with E-state index < -0.39 is 0 Å². The SMILES string of the molecule is CC1=NO[C@@H]2CCC=C(F)[C@H]12. The van der Waals surface area contributed by atoms with Gasteiger partial charge in [-0.25, -0.2) is 4.39 Å². The maximum absolute atomic E-state index is 13.1. The third-order valence-electron chi connectivity index (χ3n) is 2.24. The zero-order valence-electron chi connectivity index (χ0n) is 6.38. The van der Waals surface area contributed by atoms with E-state index in [0.29, 0.717) is 0 Å². The average Bonchev–Trinajstić information content (AvgIpc) is 2.34. The minimum atomic E-state index is -0.177. The van der Waals surface area contributed by atoms with Gasteiger partial charge < -0.3 is 4.84 Å². The molecule has 2 atom stereocenters. The Morgan fingerprint density at radius 1 is 1.73 bits per heavy atom. The molecule has 1 aliphatic heterocycles. The van der Waals surface area contributed by atoms with Gasteiger partial charge in [-0.15, -0.1) is 0 Å². The molecule has 0 bridgehead atoms. The Morgan fingerprint density at radius 3 is 3.27 bits per heavy atom. The molecule has 0 aromatic carbocycles. The molecule has 1 aliphatic carbocycles. The average molecular weight is 155 g/mol. The number of halogens is 1. The lowest BCUT2D eigenvalue weighted by Gasteiger charge is -2.19. The predicted octanol–water partition coefficient (Wildman–Crippen LogP) is 2.02. The Labute approximate surface area is 64.7 Å². The van der Waals surface area contributed by atoms with E-state index in [4.69, 9.17) is 4.84 Å². The Morgan fingerprint density at radius 2 is 2.55 bits per heavy atom. The fourth-order valence-corrected chi connectivity index (χ4v) is 1.65. The van der Waals surface area contributed by atoms with Crippen LogP contribution in [0.5, 0.6) is 0 Å². The Hall–Kier alpha value is -0.860. The highest BCUT2D eigenvalue weighted by atomic mass is 19.1. The molecule has 0 N–H and O–H groups in total. The lowest BCUT2D eigenvalue weighted by atomic mass is 9.89. The van der Waals surface area contributed by atoms with Gasteiger partial charge in [0.15, 0.2) is 0 Å². The second-order valence-corrected chi connectivity index (χ2v) is 3.02. The van der Waals surface area contributed by atoms with E-state index in [2.05, 4.69) is 5.16 Å². The molecule has 0 saturated heterocycles. The third-order valence-corrected chi connectivity index (χ3v) is 2.24. The lowest BCUT2D eigenvalue weighted by molar-refractivity contribution is 0.0546. The van der Waals surface area contributed by atoms with Crippen molar-refractivity contribution < 1.29 is 9.23 Å². The summed E-state index contributed by atoms with van der Waals surface area (Å²) in [5.41, 5.74) is 0.767. The smallest absolute Gasteiger partial charge is 0.142 e. The van der Waals surface area contributed by atoms with Crippen molar-refractivity contribution in [3.8, 4) is 0 Å². The van der Waals surface area contributed by atoms with Crippen LogP contribution < -0.4 is 0 Å². The van der Waals surface area contributed by atoms with Crippen molar-refractivity contribution >= 4 is 5.71 Å². The Bertz CT molecular complexity index is 234. The van der Waals surface area contributed by atoms with Crippen molar-refractivity contribution in [1.82, 2.24) is 0 Å². The number of hydrogen-bond acceptors (Lipinski definition) is 2. The molecule has 2 aliphatic rings. The van der Waals surface area contributed by atoms with E-state index >= 15 is 0 Å². The first-order valence-corrected chi connectivity index (χ1v) is 3.85. The van der Waals surface area contributed by atoms with Crippen LogP contribution in [0, 0.1) is 5.92 Å². The number of hydrogen-bond donors (Lipinski definition) is 0. The van der Waals surface area contributed by atoms with Crippen LogP contribution in [0.3, 0.4) is 0 Å². The minimum Gasteiger partial charge on any atom is -0.391 e. The molecule has 2 rings (SSSR count). The minimum absolute atomic E-state index is 0.0278.